The number of fused-ring (bicyclic) bond motifs is 2. The van der Waals surface area contributed by atoms with E-state index in [1.165, 1.54) is 21.5 Å². The third-order valence-corrected chi connectivity index (χ3v) is 16.3. The van der Waals surface area contributed by atoms with Gasteiger partial charge in [-0.3, -0.25) is 0 Å². The molecule has 336 valence electrons. The second kappa shape index (κ2) is 18.8. The Morgan fingerprint density at radius 3 is 1.61 bits per heavy atom. The molecule has 8 aromatic carbocycles. The summed E-state index contributed by atoms with van der Waals surface area (Å²) >= 11 is 0. The van der Waals surface area contributed by atoms with Crippen molar-refractivity contribution in [3.05, 3.63) is 223 Å². The molecule has 0 spiro atoms. The Morgan fingerprint density at radius 2 is 1.01 bits per heavy atom. The van der Waals surface area contributed by atoms with Crippen LogP contribution in [-0.4, -0.2) is 15.0 Å². The van der Waals surface area contributed by atoms with Gasteiger partial charge in [0.1, 0.15) is 5.82 Å². The predicted octanol–water partition coefficient (Wildman–Crippen LogP) is 14.6. The largest absolute Gasteiger partial charge is 0.209 e. The summed E-state index contributed by atoms with van der Waals surface area (Å²) in [7, 11) is 1.59. The van der Waals surface area contributed by atoms with E-state index in [0.29, 0.717) is 50.7 Å². The normalized spacial score (nSPS) is 14.8. The van der Waals surface area contributed by atoms with Crippen LogP contribution < -0.4 is 21.2 Å². The first-order valence-electron chi connectivity index (χ1n) is 23.2. The summed E-state index contributed by atoms with van der Waals surface area (Å²) < 4.78 is 51.3. The number of rotatable bonds is 9. The zero-order chi connectivity index (χ0) is 47.2. The molecule has 0 bridgehead atoms. The van der Waals surface area contributed by atoms with E-state index in [-0.39, 0.29) is 16.4 Å². The van der Waals surface area contributed by atoms with Crippen molar-refractivity contribution in [2.75, 3.05) is 0 Å². The topological polar surface area (TPSA) is 38.7 Å². The first kappa shape index (κ1) is 44.4. The van der Waals surface area contributed by atoms with Gasteiger partial charge in [-0.2, -0.15) is 0 Å². The molecule has 0 fully saturated rings. The lowest BCUT2D eigenvalue weighted by atomic mass is 9.89. The number of hydrogen-bond donors (Lipinski definition) is 0. The van der Waals surface area contributed by atoms with Gasteiger partial charge in [0.25, 0.3) is 0 Å². The summed E-state index contributed by atoms with van der Waals surface area (Å²) in [6.45, 7) is 4.28. The highest BCUT2D eigenvalue weighted by Gasteiger charge is 2.28. The highest BCUT2D eigenvalue weighted by Crippen LogP contribution is 2.43. The number of allylic oxidation sites excluding steroid dienone is 8. The Kier molecular flexibility index (Phi) is 12.1. The van der Waals surface area contributed by atoms with E-state index < -0.39 is 30.9 Å². The van der Waals surface area contributed by atoms with Crippen molar-refractivity contribution in [2.45, 2.75) is 33.1 Å². The van der Waals surface area contributed by atoms with Gasteiger partial charge in [-0.05, 0) is 111 Å². The maximum absolute atomic E-state index is 17.2. The molecular formula is C61H46F3N3P2. The van der Waals surface area contributed by atoms with Gasteiger partial charge in [-0.25, -0.2) is 28.1 Å². The third-order valence-electron chi connectivity index (χ3n) is 13.3. The maximum Gasteiger partial charge on any atom is 0.170 e. The number of benzene rings is 8. The summed E-state index contributed by atoms with van der Waals surface area (Å²) in [5.74, 6) is -1.22. The fourth-order valence-corrected chi connectivity index (χ4v) is 12.3. The minimum absolute atomic E-state index is 0.0607. The van der Waals surface area contributed by atoms with Gasteiger partial charge >= 0.3 is 0 Å². The van der Waals surface area contributed by atoms with E-state index in [1.54, 1.807) is 24.3 Å². The summed E-state index contributed by atoms with van der Waals surface area (Å²) in [6, 6.07) is 51.9. The van der Waals surface area contributed by atoms with E-state index in [1.807, 2.05) is 60.7 Å². The summed E-state index contributed by atoms with van der Waals surface area (Å²) in [4.78, 5) is 15.0. The van der Waals surface area contributed by atoms with Crippen LogP contribution in [0.5, 0.6) is 0 Å². The minimum atomic E-state index is -1.26. The van der Waals surface area contributed by atoms with Gasteiger partial charge in [-0.15, -0.1) is 9.24 Å². The van der Waals surface area contributed by atoms with Crippen LogP contribution in [0.1, 0.15) is 44.8 Å². The molecule has 2 aliphatic carbocycles. The molecule has 0 amide bonds. The van der Waals surface area contributed by atoms with E-state index in [4.69, 9.17) is 15.0 Å². The SMILES string of the molecule is CC1=CC=C(c2nc(C3=CCC(C)C=C3)nc(-c3ccc(-c4c(F)c(F)c(-c5ccc(-c6ccc(P(c7ccccc7)c7ccccc7)cc6)c6ccccc56)c(P)c4F)c4ccccc34)n2)CC1. The van der Waals surface area contributed by atoms with Crippen molar-refractivity contribution in [1.82, 2.24) is 15.0 Å². The number of halogens is 3. The lowest BCUT2D eigenvalue weighted by molar-refractivity contribution is 0.504. The lowest BCUT2D eigenvalue weighted by Crippen LogP contribution is -2.20. The fraction of sp³-hybridized carbons (Fsp3) is 0.0984. The lowest BCUT2D eigenvalue weighted by Gasteiger charge is -2.20. The molecule has 1 heterocycles. The highest BCUT2D eigenvalue weighted by molar-refractivity contribution is 7.79. The van der Waals surface area contributed by atoms with E-state index in [2.05, 4.69) is 126 Å². The highest BCUT2D eigenvalue weighted by atomic mass is 31.1. The molecule has 0 N–H and O–H groups in total. The Balaban J connectivity index is 0.988. The Morgan fingerprint density at radius 1 is 0.507 bits per heavy atom. The molecule has 2 atom stereocenters. The second-order valence-corrected chi connectivity index (χ2v) is 20.6. The van der Waals surface area contributed by atoms with Crippen LogP contribution in [0.4, 0.5) is 13.2 Å². The van der Waals surface area contributed by atoms with Crippen molar-refractivity contribution in [1.29, 1.82) is 0 Å². The molecule has 9 aromatic rings. The molecule has 8 heteroatoms. The van der Waals surface area contributed by atoms with Gasteiger partial charge in [0.15, 0.2) is 29.1 Å². The molecule has 69 heavy (non-hydrogen) atoms. The van der Waals surface area contributed by atoms with Crippen molar-refractivity contribution in [3.63, 3.8) is 0 Å². The van der Waals surface area contributed by atoms with Crippen LogP contribution in [0.2, 0.25) is 0 Å². The van der Waals surface area contributed by atoms with Gasteiger partial charge in [0.05, 0.1) is 5.56 Å². The first-order valence-corrected chi connectivity index (χ1v) is 25.2. The Bertz CT molecular complexity index is 3530. The molecule has 3 nitrogen and oxygen atoms in total. The van der Waals surface area contributed by atoms with Crippen molar-refractivity contribution < 1.29 is 13.2 Å². The smallest absolute Gasteiger partial charge is 0.170 e. The van der Waals surface area contributed by atoms with Crippen molar-refractivity contribution in [3.8, 4) is 44.8 Å². The van der Waals surface area contributed by atoms with Crippen LogP contribution in [0.25, 0.3) is 77.5 Å². The zero-order valence-corrected chi connectivity index (χ0v) is 40.1. The number of nitrogens with zero attached hydrogens (tertiary/aromatic N) is 3. The van der Waals surface area contributed by atoms with Crippen LogP contribution in [-0.2, 0) is 0 Å². The molecule has 2 unspecified atom stereocenters. The van der Waals surface area contributed by atoms with E-state index in [9.17, 15) is 0 Å². The molecule has 11 rings (SSSR count). The van der Waals surface area contributed by atoms with Crippen molar-refractivity contribution >= 4 is 71.1 Å². The molecule has 0 radical (unpaired) electrons. The number of hydrogen-bond acceptors (Lipinski definition) is 3. The standard InChI is InChI=1S/C61H46F3N3P2/c1-37-21-25-40(26-22-37)59-65-60(41-27-23-38(2)24-28-41)67-61(66-59)52-36-35-50(48-19-11-12-20-49(48)52)53-55(62)56(63)54(58(68)57(53)64)51-34-33-45(46-17-9-10-18-47(46)51)39-29-31-44(32-30-39)69(42-13-5-3-6-14-42)43-15-7-4-8-16-43/h3-21,23,25-27,29-37H,22,24,28,68H2,1-2H3. The Hall–Kier alpha value is -7.10. The fourth-order valence-electron chi connectivity index (χ4n) is 9.64. The molecule has 2 aliphatic rings. The molecule has 0 aliphatic heterocycles. The molecule has 1 aromatic heterocycles. The quantitative estimate of drug-likeness (QED) is 0.107. The van der Waals surface area contributed by atoms with E-state index in [0.717, 1.165) is 46.9 Å². The van der Waals surface area contributed by atoms with Crippen LogP contribution in [0.15, 0.2) is 194 Å². The van der Waals surface area contributed by atoms with Gasteiger partial charge in [-0.1, -0.05) is 195 Å². The van der Waals surface area contributed by atoms with Crippen LogP contribution in [0, 0.1) is 23.4 Å². The average molecular weight is 940 g/mol. The molecular weight excluding hydrogens is 894 g/mol. The number of aromatic nitrogens is 3. The monoisotopic (exact) mass is 939 g/mol. The van der Waals surface area contributed by atoms with Gasteiger partial charge in [0.2, 0.25) is 0 Å². The zero-order valence-electron chi connectivity index (χ0n) is 38.1. The summed E-state index contributed by atoms with van der Waals surface area (Å²) in [5, 5.41) is 6.40. The van der Waals surface area contributed by atoms with Gasteiger partial charge < -0.3 is 0 Å². The third kappa shape index (κ3) is 8.37. The van der Waals surface area contributed by atoms with Gasteiger partial charge in [0, 0.05) is 22.0 Å². The summed E-state index contributed by atoms with van der Waals surface area (Å²) in [6.07, 6.45) is 13.1. The van der Waals surface area contributed by atoms with Crippen molar-refractivity contribution in [2.24, 2.45) is 5.92 Å². The first-order chi connectivity index (χ1) is 33.7. The predicted molar refractivity (Wildman–Crippen MR) is 286 cm³/mol. The van der Waals surface area contributed by atoms with Crippen LogP contribution in [0.3, 0.4) is 0 Å². The maximum atomic E-state index is 17.2. The Labute approximate surface area is 403 Å². The average Bonchev–Trinajstić information content (AvgIpc) is 3.39. The minimum Gasteiger partial charge on any atom is -0.209 e. The second-order valence-electron chi connectivity index (χ2n) is 17.8. The molecule has 0 saturated carbocycles. The molecule has 0 saturated heterocycles. The van der Waals surface area contributed by atoms with E-state index >= 15 is 13.2 Å². The van der Waals surface area contributed by atoms with Crippen LogP contribution >= 0.6 is 17.2 Å². The summed E-state index contributed by atoms with van der Waals surface area (Å²) in [5.41, 5.74) is 5.86.